The third kappa shape index (κ3) is 3.12. The maximum absolute atomic E-state index is 5.26. The molecule has 110 valence electrons. The number of aryl methyl sites for hydroxylation is 1. The first kappa shape index (κ1) is 14.2. The van der Waals surface area contributed by atoms with Crippen LogP contribution in [0.4, 0.5) is 11.4 Å². The predicted octanol–water partition coefficient (Wildman–Crippen LogP) is 5.41. The van der Waals surface area contributed by atoms with Crippen molar-refractivity contribution in [1.82, 2.24) is 0 Å². The molecule has 22 heavy (non-hydrogen) atoms. The van der Waals surface area contributed by atoms with Crippen LogP contribution in [0.25, 0.3) is 11.1 Å². The van der Waals surface area contributed by atoms with Crippen LogP contribution >= 0.6 is 0 Å². The average molecular weight is 289 g/mol. The number of hydrogen-bond acceptors (Lipinski definition) is 2. The first-order chi connectivity index (χ1) is 10.8. The van der Waals surface area contributed by atoms with E-state index in [-0.39, 0.29) is 0 Å². The van der Waals surface area contributed by atoms with Crippen molar-refractivity contribution >= 4 is 11.4 Å². The van der Waals surface area contributed by atoms with E-state index < -0.39 is 0 Å². The van der Waals surface area contributed by atoms with Crippen LogP contribution in [0.2, 0.25) is 0 Å². The Hall–Kier alpha value is -2.74. The zero-order valence-corrected chi connectivity index (χ0v) is 12.8. The Kier molecular flexibility index (Phi) is 4.10. The molecule has 3 aromatic carbocycles. The molecule has 3 aromatic rings. The zero-order chi connectivity index (χ0) is 15.4. The van der Waals surface area contributed by atoms with Crippen LogP contribution in [0.15, 0.2) is 72.8 Å². The fourth-order valence-electron chi connectivity index (χ4n) is 2.53. The van der Waals surface area contributed by atoms with Gasteiger partial charge in [0.15, 0.2) is 0 Å². The molecule has 0 fully saturated rings. The quantitative estimate of drug-likeness (QED) is 0.693. The highest BCUT2D eigenvalue weighted by molar-refractivity contribution is 5.73. The number of methoxy groups -OCH3 is 1. The van der Waals surface area contributed by atoms with Gasteiger partial charge in [0, 0.05) is 17.4 Å². The van der Waals surface area contributed by atoms with Crippen molar-refractivity contribution in [3.63, 3.8) is 0 Å². The van der Waals surface area contributed by atoms with Gasteiger partial charge in [-0.25, -0.2) is 0 Å². The van der Waals surface area contributed by atoms with Crippen LogP contribution < -0.4 is 10.1 Å². The van der Waals surface area contributed by atoms with E-state index in [1.807, 2.05) is 24.3 Å². The maximum Gasteiger partial charge on any atom is 0.120 e. The molecule has 1 N–H and O–H groups in total. The van der Waals surface area contributed by atoms with Gasteiger partial charge in [-0.05, 0) is 47.9 Å². The lowest BCUT2D eigenvalue weighted by molar-refractivity contribution is 0.415. The third-order valence-electron chi connectivity index (χ3n) is 3.68. The number of rotatable bonds is 4. The molecule has 0 bridgehead atoms. The fourth-order valence-corrected chi connectivity index (χ4v) is 2.53. The Balaban J connectivity index is 1.90. The van der Waals surface area contributed by atoms with Crippen LogP contribution in [0.5, 0.6) is 5.75 Å². The van der Waals surface area contributed by atoms with Crippen LogP contribution in [0, 0.1) is 6.92 Å². The molecule has 0 heterocycles. The Morgan fingerprint density at radius 1 is 0.773 bits per heavy atom. The normalized spacial score (nSPS) is 10.3. The van der Waals surface area contributed by atoms with E-state index in [4.69, 9.17) is 4.74 Å². The first-order valence-corrected chi connectivity index (χ1v) is 7.33. The predicted molar refractivity (Wildman–Crippen MR) is 92.9 cm³/mol. The van der Waals surface area contributed by atoms with Crippen LogP contribution in [-0.4, -0.2) is 7.11 Å². The van der Waals surface area contributed by atoms with Gasteiger partial charge in [-0.2, -0.15) is 0 Å². The van der Waals surface area contributed by atoms with E-state index in [2.05, 4.69) is 60.8 Å². The second-order valence-electron chi connectivity index (χ2n) is 5.25. The standard InChI is InChI=1S/C20H19NO/c1-15-7-3-4-12-20(15)16-8-5-9-17(13-16)21-18-10-6-11-19(14-18)22-2/h3-14,21H,1-2H3. The molecule has 2 heteroatoms. The van der Waals surface area contributed by atoms with Gasteiger partial charge in [0.05, 0.1) is 7.11 Å². The summed E-state index contributed by atoms with van der Waals surface area (Å²) in [7, 11) is 1.68. The van der Waals surface area contributed by atoms with Crippen molar-refractivity contribution < 1.29 is 4.74 Å². The summed E-state index contributed by atoms with van der Waals surface area (Å²) in [5.41, 5.74) is 5.83. The lowest BCUT2D eigenvalue weighted by atomic mass is 10.0. The molecule has 2 nitrogen and oxygen atoms in total. The van der Waals surface area contributed by atoms with Crippen LogP contribution in [0.1, 0.15) is 5.56 Å². The van der Waals surface area contributed by atoms with Crippen molar-refractivity contribution in [1.29, 1.82) is 0 Å². The minimum absolute atomic E-state index is 0.847. The Bertz CT molecular complexity index is 780. The number of anilines is 2. The number of hydrogen-bond donors (Lipinski definition) is 1. The third-order valence-corrected chi connectivity index (χ3v) is 3.68. The topological polar surface area (TPSA) is 21.3 Å². The number of ether oxygens (including phenoxy) is 1. The second-order valence-corrected chi connectivity index (χ2v) is 5.25. The minimum Gasteiger partial charge on any atom is -0.497 e. The molecule has 0 unspecified atom stereocenters. The second kappa shape index (κ2) is 6.35. The molecule has 0 aromatic heterocycles. The van der Waals surface area contributed by atoms with Gasteiger partial charge < -0.3 is 10.1 Å². The highest BCUT2D eigenvalue weighted by Gasteiger charge is 2.03. The first-order valence-electron chi connectivity index (χ1n) is 7.33. The van der Waals surface area contributed by atoms with Crippen molar-refractivity contribution in [2.45, 2.75) is 6.92 Å². The van der Waals surface area contributed by atoms with Crippen molar-refractivity contribution in [2.75, 3.05) is 12.4 Å². The average Bonchev–Trinajstić information content (AvgIpc) is 2.56. The van der Waals surface area contributed by atoms with Crippen LogP contribution in [-0.2, 0) is 0 Å². The van der Waals surface area contributed by atoms with Gasteiger partial charge in [0.25, 0.3) is 0 Å². The maximum atomic E-state index is 5.26. The smallest absolute Gasteiger partial charge is 0.120 e. The van der Waals surface area contributed by atoms with Crippen molar-refractivity contribution in [2.24, 2.45) is 0 Å². The SMILES string of the molecule is COc1cccc(Nc2cccc(-c3ccccc3C)c2)c1. The fraction of sp³-hybridized carbons (Fsp3) is 0.100. The van der Waals surface area contributed by atoms with E-state index in [1.165, 1.54) is 16.7 Å². The van der Waals surface area contributed by atoms with E-state index >= 15 is 0 Å². The van der Waals surface area contributed by atoms with E-state index in [0.29, 0.717) is 0 Å². The Morgan fingerprint density at radius 2 is 1.50 bits per heavy atom. The Labute approximate surface area is 131 Å². The van der Waals surface area contributed by atoms with Crippen molar-refractivity contribution in [3.8, 4) is 16.9 Å². The van der Waals surface area contributed by atoms with E-state index in [1.54, 1.807) is 7.11 Å². The molecule has 0 atom stereocenters. The van der Waals surface area contributed by atoms with Gasteiger partial charge in [0.1, 0.15) is 5.75 Å². The molecule has 0 aliphatic rings. The minimum atomic E-state index is 0.847. The lowest BCUT2D eigenvalue weighted by Gasteiger charge is -2.11. The van der Waals surface area contributed by atoms with Crippen LogP contribution in [0.3, 0.4) is 0 Å². The molecular weight excluding hydrogens is 270 g/mol. The highest BCUT2D eigenvalue weighted by atomic mass is 16.5. The summed E-state index contributed by atoms with van der Waals surface area (Å²) in [6.45, 7) is 2.14. The summed E-state index contributed by atoms with van der Waals surface area (Å²) < 4.78 is 5.26. The molecule has 0 saturated heterocycles. The largest absolute Gasteiger partial charge is 0.497 e. The van der Waals surface area contributed by atoms with Gasteiger partial charge in [-0.3, -0.25) is 0 Å². The Morgan fingerprint density at radius 3 is 2.27 bits per heavy atom. The summed E-state index contributed by atoms with van der Waals surface area (Å²) in [5.74, 6) is 0.847. The van der Waals surface area contributed by atoms with Gasteiger partial charge in [-0.1, -0.05) is 42.5 Å². The molecular formula is C20H19NO. The van der Waals surface area contributed by atoms with Gasteiger partial charge in [0.2, 0.25) is 0 Å². The highest BCUT2D eigenvalue weighted by Crippen LogP contribution is 2.27. The molecule has 0 amide bonds. The van der Waals surface area contributed by atoms with Crippen molar-refractivity contribution in [3.05, 3.63) is 78.4 Å². The summed E-state index contributed by atoms with van der Waals surface area (Å²) in [4.78, 5) is 0. The molecule has 0 saturated carbocycles. The molecule has 3 rings (SSSR count). The molecule has 0 spiro atoms. The lowest BCUT2D eigenvalue weighted by Crippen LogP contribution is -1.92. The zero-order valence-electron chi connectivity index (χ0n) is 12.8. The number of benzene rings is 3. The molecule has 0 aliphatic carbocycles. The summed E-state index contributed by atoms with van der Waals surface area (Å²) in [5, 5.41) is 3.43. The summed E-state index contributed by atoms with van der Waals surface area (Å²) in [6.07, 6.45) is 0. The summed E-state index contributed by atoms with van der Waals surface area (Å²) >= 11 is 0. The molecule has 0 aliphatic heterocycles. The van der Waals surface area contributed by atoms with Gasteiger partial charge in [-0.15, -0.1) is 0 Å². The van der Waals surface area contributed by atoms with Gasteiger partial charge >= 0.3 is 0 Å². The number of nitrogens with one attached hydrogen (secondary N) is 1. The monoisotopic (exact) mass is 289 g/mol. The molecule has 0 radical (unpaired) electrons. The summed E-state index contributed by atoms with van der Waals surface area (Å²) in [6, 6.07) is 24.8. The van der Waals surface area contributed by atoms with E-state index in [9.17, 15) is 0 Å². The van der Waals surface area contributed by atoms with E-state index in [0.717, 1.165) is 17.1 Å².